The second-order valence-corrected chi connectivity index (χ2v) is 11.9. The number of hydrogen-bond acceptors (Lipinski definition) is 6. The number of aromatic nitrogens is 2. The third-order valence-electron chi connectivity index (χ3n) is 8.86. The third kappa shape index (κ3) is 4.46. The summed E-state index contributed by atoms with van der Waals surface area (Å²) in [6, 6.07) is 4.41. The minimum Gasteiger partial charge on any atom is -0.481 e. The molecule has 2 atom stereocenters. The van der Waals surface area contributed by atoms with Crippen molar-refractivity contribution in [2.24, 2.45) is 5.41 Å². The zero-order valence-corrected chi connectivity index (χ0v) is 22.9. The predicted molar refractivity (Wildman–Crippen MR) is 137 cm³/mol. The van der Waals surface area contributed by atoms with Crippen molar-refractivity contribution in [3.05, 3.63) is 64.5 Å². The molecule has 15 heteroatoms. The largest absolute Gasteiger partial charge is 0.586 e. The van der Waals surface area contributed by atoms with Crippen LogP contribution in [0.15, 0.2) is 30.3 Å². The van der Waals surface area contributed by atoms with Crippen molar-refractivity contribution in [2.45, 2.75) is 75.7 Å². The Morgan fingerprint density at radius 3 is 2.45 bits per heavy atom. The van der Waals surface area contributed by atoms with Gasteiger partial charge >= 0.3 is 18.4 Å². The summed E-state index contributed by atoms with van der Waals surface area (Å²) in [5.41, 5.74) is -3.09. The monoisotopic (exact) mass is 627 g/mol. The third-order valence-corrected chi connectivity index (χ3v) is 8.86. The lowest BCUT2D eigenvalue weighted by molar-refractivity contribution is -0.300. The van der Waals surface area contributed by atoms with Gasteiger partial charge in [0.15, 0.2) is 17.2 Å². The fourth-order valence-electron chi connectivity index (χ4n) is 6.93. The number of hydrogen-bond donors (Lipinski definition) is 2. The number of carboxylic acid groups (broad SMARTS) is 1. The summed E-state index contributed by atoms with van der Waals surface area (Å²) in [5, 5.41) is 16.2. The molecule has 8 rings (SSSR count). The average Bonchev–Trinajstić information content (AvgIpc) is 3.42. The van der Waals surface area contributed by atoms with Crippen molar-refractivity contribution in [2.75, 3.05) is 5.32 Å². The highest BCUT2D eigenvalue weighted by atomic mass is 19.4. The topological polar surface area (TPSA) is 94.8 Å². The second kappa shape index (κ2) is 9.25. The molecule has 8 nitrogen and oxygen atoms in total. The van der Waals surface area contributed by atoms with Crippen molar-refractivity contribution in [1.29, 1.82) is 0 Å². The molecule has 2 N–H and O–H groups in total. The lowest BCUT2D eigenvalue weighted by Gasteiger charge is -2.67. The van der Waals surface area contributed by atoms with Crippen LogP contribution in [0.1, 0.15) is 73.7 Å². The van der Waals surface area contributed by atoms with Crippen LogP contribution in [0.2, 0.25) is 0 Å². The Morgan fingerprint density at radius 2 is 1.80 bits per heavy atom. The molecule has 44 heavy (non-hydrogen) atoms. The normalized spacial score (nSPS) is 26.8. The first-order valence-electron chi connectivity index (χ1n) is 13.8. The van der Waals surface area contributed by atoms with E-state index in [2.05, 4.69) is 19.9 Å². The van der Waals surface area contributed by atoms with Crippen molar-refractivity contribution in [1.82, 2.24) is 9.78 Å². The molecule has 3 saturated carbocycles. The summed E-state index contributed by atoms with van der Waals surface area (Å²) in [5.74, 6) is -3.58. The Balaban J connectivity index is 1.22. The summed E-state index contributed by atoms with van der Waals surface area (Å²) >= 11 is 0. The number of halogens is 7. The molecule has 2 heterocycles. The van der Waals surface area contributed by atoms with Crippen LogP contribution in [0.4, 0.5) is 36.4 Å². The van der Waals surface area contributed by atoms with Crippen LogP contribution in [0.5, 0.6) is 11.5 Å². The number of benzene rings is 2. The summed E-state index contributed by atoms with van der Waals surface area (Å²) in [6.45, 7) is 1.50. The molecule has 2 bridgehead atoms. The van der Waals surface area contributed by atoms with E-state index in [9.17, 15) is 36.2 Å². The first-order valence-corrected chi connectivity index (χ1v) is 13.8. The van der Waals surface area contributed by atoms with Crippen LogP contribution < -0.4 is 14.8 Å². The van der Waals surface area contributed by atoms with Gasteiger partial charge in [0.05, 0.1) is 22.8 Å². The highest BCUT2D eigenvalue weighted by molar-refractivity contribution is 5.80. The summed E-state index contributed by atoms with van der Waals surface area (Å²) in [6.07, 6.45) is -8.19. The first-order chi connectivity index (χ1) is 20.6. The molecule has 3 fully saturated rings. The van der Waals surface area contributed by atoms with Gasteiger partial charge in [-0.05, 0) is 69.7 Å². The molecule has 0 spiro atoms. The van der Waals surface area contributed by atoms with Crippen LogP contribution in [-0.4, -0.2) is 32.8 Å². The Hall–Kier alpha value is -4.01. The highest BCUT2D eigenvalue weighted by Crippen LogP contribution is 2.70. The Kier molecular flexibility index (Phi) is 6.04. The van der Waals surface area contributed by atoms with Crippen LogP contribution in [-0.2, 0) is 22.1 Å². The van der Waals surface area contributed by atoms with Gasteiger partial charge in [0.25, 0.3) is 0 Å². The van der Waals surface area contributed by atoms with Crippen molar-refractivity contribution in [3.63, 3.8) is 0 Å². The molecule has 3 aromatic rings. The van der Waals surface area contributed by atoms with Gasteiger partial charge in [-0.1, -0.05) is 0 Å². The molecule has 0 saturated heterocycles. The SMILES string of the molecule is C[C@H](Nc1ccc(F)c(-n2nc(C(F)(F)F)c3c2[C@@H](OC24CC(C(=O)O)(C2)C4)CCC3)c1)c1cc2c(cc1F)OC(F)(F)O2. The second-order valence-electron chi connectivity index (χ2n) is 11.9. The number of ether oxygens (including phenoxy) is 3. The molecule has 0 amide bonds. The van der Waals surface area contributed by atoms with Crippen LogP contribution in [0.25, 0.3) is 5.69 Å². The summed E-state index contributed by atoms with van der Waals surface area (Å²) in [4.78, 5) is 11.6. The molecule has 1 aliphatic heterocycles. The zero-order chi connectivity index (χ0) is 31.4. The number of fused-ring (bicyclic) bond motifs is 2. The maximum atomic E-state index is 15.3. The van der Waals surface area contributed by atoms with E-state index >= 15 is 4.39 Å². The van der Waals surface area contributed by atoms with E-state index in [0.29, 0.717) is 12.8 Å². The van der Waals surface area contributed by atoms with Gasteiger partial charge in [-0.3, -0.25) is 4.79 Å². The molecule has 1 aromatic heterocycles. The minimum absolute atomic E-state index is 0.0368. The molecule has 5 aliphatic rings. The first kappa shape index (κ1) is 28.7. The quantitative estimate of drug-likeness (QED) is 0.271. The maximum Gasteiger partial charge on any atom is 0.586 e. The fourth-order valence-corrected chi connectivity index (χ4v) is 6.93. The molecule has 2 aromatic carbocycles. The fraction of sp³-hybridized carbons (Fsp3) is 0.448. The summed E-state index contributed by atoms with van der Waals surface area (Å²) in [7, 11) is 0. The number of aliphatic carboxylic acids is 1. The van der Waals surface area contributed by atoms with Gasteiger partial charge in [0.1, 0.15) is 23.4 Å². The smallest absolute Gasteiger partial charge is 0.481 e. The summed E-state index contributed by atoms with van der Waals surface area (Å²) < 4.78 is 115. The zero-order valence-electron chi connectivity index (χ0n) is 22.9. The number of anilines is 1. The molecule has 4 aliphatic carbocycles. The number of nitrogens with one attached hydrogen (secondary N) is 1. The van der Waals surface area contributed by atoms with E-state index in [1.807, 2.05) is 0 Å². The maximum absolute atomic E-state index is 15.3. The number of carboxylic acids is 1. The number of nitrogens with zero attached hydrogens (tertiary/aromatic N) is 2. The van der Waals surface area contributed by atoms with E-state index < -0.39 is 64.7 Å². The predicted octanol–water partition coefficient (Wildman–Crippen LogP) is 7.07. The highest BCUT2D eigenvalue weighted by Gasteiger charge is 2.73. The number of rotatable bonds is 7. The molecule has 0 unspecified atom stereocenters. The van der Waals surface area contributed by atoms with Crippen LogP contribution in [0, 0.1) is 17.0 Å². The Morgan fingerprint density at radius 1 is 1.11 bits per heavy atom. The Bertz CT molecular complexity index is 1690. The molecule has 234 valence electrons. The standard InChI is InChI=1S/C29H24F7N3O5/c1-13(16-8-21-22(9-18(16)31)44-29(35,36)43-21)37-14-5-6-17(30)19(7-14)39-23-15(24(38-39)28(32,33)34)3-2-4-20(23)42-27-10-26(11-27,12-27)25(40)41/h5-9,13,20,37H,2-4,10-12H2,1H3,(H,40,41)/t13-,20-,26?,27?/m0/s1. The molecular formula is C29H24F7N3O5. The van der Waals surface area contributed by atoms with Gasteiger partial charge in [0, 0.05) is 22.9 Å². The van der Waals surface area contributed by atoms with Gasteiger partial charge in [-0.25, -0.2) is 13.5 Å². The number of carbonyl (C=O) groups is 1. The average molecular weight is 628 g/mol. The number of alkyl halides is 5. The van der Waals surface area contributed by atoms with Gasteiger partial charge in [0.2, 0.25) is 0 Å². The molecule has 0 radical (unpaired) electrons. The minimum atomic E-state index is -4.84. The molecular weight excluding hydrogens is 603 g/mol. The van der Waals surface area contributed by atoms with E-state index in [-0.39, 0.29) is 59.6 Å². The van der Waals surface area contributed by atoms with Crippen LogP contribution >= 0.6 is 0 Å². The van der Waals surface area contributed by atoms with Crippen molar-refractivity contribution >= 4 is 11.7 Å². The van der Waals surface area contributed by atoms with Crippen molar-refractivity contribution < 1.29 is 54.8 Å². The van der Waals surface area contributed by atoms with E-state index in [1.165, 1.54) is 19.1 Å². The van der Waals surface area contributed by atoms with Gasteiger partial charge in [-0.2, -0.15) is 18.3 Å². The van der Waals surface area contributed by atoms with Crippen LogP contribution in [0.3, 0.4) is 0 Å². The van der Waals surface area contributed by atoms with Crippen molar-refractivity contribution in [3.8, 4) is 17.2 Å². The van der Waals surface area contributed by atoms with Gasteiger partial charge in [-0.15, -0.1) is 8.78 Å². The van der Waals surface area contributed by atoms with E-state index in [1.54, 1.807) is 0 Å². The van der Waals surface area contributed by atoms with E-state index in [0.717, 1.165) is 22.9 Å². The van der Waals surface area contributed by atoms with Gasteiger partial charge < -0.3 is 24.6 Å². The Labute approximate surface area is 244 Å². The van der Waals surface area contributed by atoms with E-state index in [4.69, 9.17) is 4.74 Å². The lowest BCUT2D eigenvalue weighted by atomic mass is 9.41. The lowest BCUT2D eigenvalue weighted by Crippen LogP contribution is -2.71.